The fourth-order valence-electron chi connectivity index (χ4n) is 0.868. The van der Waals surface area contributed by atoms with Gasteiger partial charge in [-0.25, -0.2) is 0 Å². The minimum Gasteiger partial charge on any atom is -0.465 e. The predicted molar refractivity (Wildman–Crippen MR) is 51.9 cm³/mol. The lowest BCUT2D eigenvalue weighted by Gasteiger charge is -2.15. The summed E-state index contributed by atoms with van der Waals surface area (Å²) in [6.07, 6.45) is -0.0690. The molecule has 0 radical (unpaired) electrons. The Kier molecular flexibility index (Phi) is 7.37. The van der Waals surface area contributed by atoms with Crippen molar-refractivity contribution < 1.29 is 19.0 Å². The van der Waals surface area contributed by atoms with Gasteiger partial charge in [0.1, 0.15) is 6.04 Å². The smallest absolute Gasteiger partial charge is 0.325 e. The Bertz CT molecular complexity index is 163. The molecule has 0 fully saturated rings. The van der Waals surface area contributed by atoms with E-state index in [4.69, 9.17) is 19.9 Å². The summed E-state index contributed by atoms with van der Waals surface area (Å²) in [5.41, 5.74) is 5.51. The van der Waals surface area contributed by atoms with Crippen molar-refractivity contribution in [2.75, 3.05) is 26.9 Å². The van der Waals surface area contributed by atoms with E-state index in [0.717, 1.165) is 0 Å². The number of hydrogen-bond donors (Lipinski definition) is 1. The van der Waals surface area contributed by atoms with Gasteiger partial charge >= 0.3 is 5.97 Å². The molecular formula is C9H19NO4. The monoisotopic (exact) mass is 205 g/mol. The lowest BCUT2D eigenvalue weighted by atomic mass is 10.3. The summed E-state index contributed by atoms with van der Waals surface area (Å²) in [6.45, 7) is 4.56. The summed E-state index contributed by atoms with van der Waals surface area (Å²) in [4.78, 5) is 11.1. The van der Waals surface area contributed by atoms with Crippen LogP contribution in [-0.2, 0) is 19.0 Å². The van der Waals surface area contributed by atoms with Gasteiger partial charge in [-0.15, -0.1) is 0 Å². The van der Waals surface area contributed by atoms with Crippen LogP contribution in [-0.4, -0.2) is 45.0 Å². The second kappa shape index (κ2) is 7.73. The van der Waals surface area contributed by atoms with Crippen molar-refractivity contribution >= 4 is 5.97 Å². The highest BCUT2D eigenvalue weighted by atomic mass is 16.5. The molecule has 0 aromatic carbocycles. The van der Waals surface area contributed by atoms with Gasteiger partial charge in [-0.3, -0.25) is 4.79 Å². The molecule has 2 atom stereocenters. The largest absolute Gasteiger partial charge is 0.465 e. The molecule has 0 amide bonds. The van der Waals surface area contributed by atoms with E-state index in [9.17, 15) is 4.79 Å². The van der Waals surface area contributed by atoms with Crippen LogP contribution in [0, 0.1) is 0 Å². The first kappa shape index (κ1) is 13.4. The highest BCUT2D eigenvalue weighted by molar-refractivity contribution is 5.75. The zero-order valence-corrected chi connectivity index (χ0v) is 8.99. The number of esters is 1. The van der Waals surface area contributed by atoms with Crippen LogP contribution in [0.4, 0.5) is 0 Å². The zero-order valence-electron chi connectivity index (χ0n) is 8.99. The summed E-state index contributed by atoms with van der Waals surface area (Å²) in [5.74, 6) is -0.433. The zero-order chi connectivity index (χ0) is 11.0. The molecule has 0 aliphatic heterocycles. The first-order valence-corrected chi connectivity index (χ1v) is 4.64. The fraction of sp³-hybridized carbons (Fsp3) is 0.889. The second-order valence-electron chi connectivity index (χ2n) is 2.96. The van der Waals surface area contributed by atoms with E-state index in [-0.39, 0.29) is 12.7 Å². The summed E-state index contributed by atoms with van der Waals surface area (Å²) >= 11 is 0. The van der Waals surface area contributed by atoms with Crippen LogP contribution in [0.25, 0.3) is 0 Å². The maximum atomic E-state index is 11.1. The molecule has 0 saturated carbocycles. The third kappa shape index (κ3) is 5.90. The van der Waals surface area contributed by atoms with Gasteiger partial charge in [-0.2, -0.15) is 0 Å². The molecule has 0 aromatic heterocycles. The van der Waals surface area contributed by atoms with Crippen LogP contribution in [0.2, 0.25) is 0 Å². The molecule has 0 spiro atoms. The standard InChI is InChI=1S/C9H19NO4/c1-4-13-9(11)8(10)6-14-7(2)5-12-3/h7-8H,4-6,10H2,1-3H3. The van der Waals surface area contributed by atoms with Crippen molar-refractivity contribution in [2.24, 2.45) is 5.73 Å². The highest BCUT2D eigenvalue weighted by Crippen LogP contribution is 1.94. The Hall–Kier alpha value is -0.650. The number of ether oxygens (including phenoxy) is 3. The molecule has 0 bridgehead atoms. The van der Waals surface area contributed by atoms with Gasteiger partial charge in [-0.05, 0) is 13.8 Å². The molecule has 2 unspecified atom stereocenters. The quantitative estimate of drug-likeness (QED) is 0.589. The lowest BCUT2D eigenvalue weighted by Crippen LogP contribution is -2.38. The topological polar surface area (TPSA) is 70.8 Å². The van der Waals surface area contributed by atoms with Crippen LogP contribution >= 0.6 is 0 Å². The van der Waals surface area contributed by atoms with Gasteiger partial charge in [0.15, 0.2) is 0 Å². The molecule has 14 heavy (non-hydrogen) atoms. The molecule has 84 valence electrons. The summed E-state index contributed by atoms with van der Waals surface area (Å²) in [6, 6.07) is -0.714. The second-order valence-corrected chi connectivity index (χ2v) is 2.96. The SMILES string of the molecule is CCOC(=O)C(N)COC(C)COC. The number of rotatable bonds is 7. The van der Waals surface area contributed by atoms with Gasteiger partial charge in [-0.1, -0.05) is 0 Å². The highest BCUT2D eigenvalue weighted by Gasteiger charge is 2.15. The third-order valence-electron chi connectivity index (χ3n) is 1.55. The van der Waals surface area contributed by atoms with Crippen LogP contribution in [0.3, 0.4) is 0 Å². The van der Waals surface area contributed by atoms with Crippen molar-refractivity contribution in [1.29, 1.82) is 0 Å². The van der Waals surface area contributed by atoms with Crippen LogP contribution < -0.4 is 5.73 Å². The van der Waals surface area contributed by atoms with E-state index < -0.39 is 12.0 Å². The minimum atomic E-state index is -0.714. The molecule has 5 heteroatoms. The van der Waals surface area contributed by atoms with Gasteiger partial charge in [0, 0.05) is 7.11 Å². The number of methoxy groups -OCH3 is 1. The van der Waals surface area contributed by atoms with E-state index in [2.05, 4.69) is 0 Å². The first-order chi connectivity index (χ1) is 6.61. The van der Waals surface area contributed by atoms with Gasteiger partial charge in [0.2, 0.25) is 0 Å². The van der Waals surface area contributed by atoms with Crippen molar-refractivity contribution in [3.63, 3.8) is 0 Å². The Balaban J connectivity index is 3.61. The van der Waals surface area contributed by atoms with E-state index in [1.165, 1.54) is 0 Å². The Morgan fingerprint density at radius 1 is 1.43 bits per heavy atom. The van der Waals surface area contributed by atoms with Crippen molar-refractivity contribution in [1.82, 2.24) is 0 Å². The molecule has 0 aromatic rings. The van der Waals surface area contributed by atoms with E-state index in [0.29, 0.717) is 13.2 Å². The average Bonchev–Trinajstić information content (AvgIpc) is 2.15. The van der Waals surface area contributed by atoms with E-state index in [1.807, 2.05) is 6.92 Å². The maximum absolute atomic E-state index is 11.1. The number of carbonyl (C=O) groups excluding carboxylic acids is 1. The molecule has 0 saturated heterocycles. The molecule has 0 aliphatic rings. The normalized spacial score (nSPS) is 14.9. The Morgan fingerprint density at radius 2 is 2.07 bits per heavy atom. The minimum absolute atomic E-state index is 0.0690. The predicted octanol–water partition coefficient (Wildman–Crippen LogP) is -0.0717. The first-order valence-electron chi connectivity index (χ1n) is 4.64. The molecule has 5 nitrogen and oxygen atoms in total. The third-order valence-corrected chi connectivity index (χ3v) is 1.55. The van der Waals surface area contributed by atoms with Gasteiger partial charge < -0.3 is 19.9 Å². The average molecular weight is 205 g/mol. The molecule has 0 rings (SSSR count). The number of hydrogen-bond acceptors (Lipinski definition) is 5. The Morgan fingerprint density at radius 3 is 2.57 bits per heavy atom. The Labute approximate surface area is 84.5 Å². The molecule has 0 heterocycles. The number of carbonyl (C=O) groups is 1. The van der Waals surface area contributed by atoms with E-state index >= 15 is 0 Å². The summed E-state index contributed by atoms with van der Waals surface area (Å²) < 4.78 is 14.8. The maximum Gasteiger partial charge on any atom is 0.325 e. The van der Waals surface area contributed by atoms with Crippen LogP contribution in [0.5, 0.6) is 0 Å². The molecule has 2 N–H and O–H groups in total. The van der Waals surface area contributed by atoms with Crippen molar-refractivity contribution in [3.05, 3.63) is 0 Å². The van der Waals surface area contributed by atoms with Crippen molar-refractivity contribution in [2.45, 2.75) is 26.0 Å². The van der Waals surface area contributed by atoms with Gasteiger partial charge in [0.25, 0.3) is 0 Å². The van der Waals surface area contributed by atoms with Gasteiger partial charge in [0.05, 0.1) is 25.9 Å². The number of nitrogens with two attached hydrogens (primary N) is 1. The lowest BCUT2D eigenvalue weighted by molar-refractivity contribution is -0.146. The van der Waals surface area contributed by atoms with Crippen LogP contribution in [0.1, 0.15) is 13.8 Å². The van der Waals surface area contributed by atoms with Crippen molar-refractivity contribution in [3.8, 4) is 0 Å². The molecular weight excluding hydrogens is 186 g/mol. The van der Waals surface area contributed by atoms with Crippen LogP contribution in [0.15, 0.2) is 0 Å². The molecule has 0 aliphatic carbocycles. The summed E-state index contributed by atoms with van der Waals surface area (Å²) in [5, 5.41) is 0. The summed E-state index contributed by atoms with van der Waals surface area (Å²) in [7, 11) is 1.59. The fourth-order valence-corrected chi connectivity index (χ4v) is 0.868. The van der Waals surface area contributed by atoms with E-state index in [1.54, 1.807) is 14.0 Å².